The summed E-state index contributed by atoms with van der Waals surface area (Å²) >= 11 is 1.94. The fraction of sp³-hybridized carbons (Fsp3) is 1.00. The molecule has 0 aromatic carbocycles. The van der Waals surface area contributed by atoms with Gasteiger partial charge in [-0.1, -0.05) is 6.92 Å². The van der Waals surface area contributed by atoms with Crippen molar-refractivity contribution in [2.45, 2.75) is 39.2 Å². The first-order valence-electron chi connectivity index (χ1n) is 7.61. The second kappa shape index (κ2) is 9.22. The van der Waals surface area contributed by atoms with E-state index in [-0.39, 0.29) is 0 Å². The van der Waals surface area contributed by atoms with Crippen molar-refractivity contribution in [1.82, 2.24) is 10.2 Å². The van der Waals surface area contributed by atoms with E-state index in [9.17, 15) is 0 Å². The molecule has 1 rings (SSSR count). The van der Waals surface area contributed by atoms with Crippen molar-refractivity contribution in [3.63, 3.8) is 0 Å². The number of rotatable bonds is 9. The fourth-order valence-electron chi connectivity index (χ4n) is 2.78. The van der Waals surface area contributed by atoms with Gasteiger partial charge < -0.3 is 15.0 Å². The molecule has 0 bridgehead atoms. The third-order valence-electron chi connectivity index (χ3n) is 4.23. The zero-order chi connectivity index (χ0) is 14.1. The first-order valence-corrected chi connectivity index (χ1v) is 9.00. The average Bonchev–Trinajstić information content (AvgIpc) is 2.40. The zero-order valence-electron chi connectivity index (χ0n) is 13.2. The Morgan fingerprint density at radius 1 is 1.37 bits per heavy atom. The molecule has 0 aliphatic carbocycles. The lowest BCUT2D eigenvalue weighted by Crippen LogP contribution is -2.48. The maximum absolute atomic E-state index is 5.57. The predicted molar refractivity (Wildman–Crippen MR) is 86.1 cm³/mol. The molecule has 0 aromatic rings. The predicted octanol–water partition coefficient (Wildman–Crippen LogP) is 2.47. The summed E-state index contributed by atoms with van der Waals surface area (Å²) in [5, 5.41) is 3.63. The molecule has 1 aliphatic heterocycles. The van der Waals surface area contributed by atoms with Gasteiger partial charge in [0, 0.05) is 38.1 Å². The van der Waals surface area contributed by atoms with Crippen LogP contribution in [-0.2, 0) is 4.74 Å². The molecule has 19 heavy (non-hydrogen) atoms. The van der Waals surface area contributed by atoms with Crippen molar-refractivity contribution in [1.29, 1.82) is 0 Å². The molecule has 1 saturated heterocycles. The van der Waals surface area contributed by atoms with Crippen LogP contribution in [0.25, 0.3) is 0 Å². The molecule has 1 unspecified atom stereocenters. The van der Waals surface area contributed by atoms with Gasteiger partial charge in [-0.15, -0.1) is 0 Å². The van der Waals surface area contributed by atoms with Gasteiger partial charge in [0.15, 0.2) is 0 Å². The van der Waals surface area contributed by atoms with E-state index in [0.29, 0.717) is 11.5 Å². The number of nitrogens with one attached hydrogen (secondary N) is 1. The van der Waals surface area contributed by atoms with Crippen LogP contribution < -0.4 is 5.32 Å². The minimum atomic E-state index is 0.412. The van der Waals surface area contributed by atoms with Crippen LogP contribution in [0.3, 0.4) is 0 Å². The average molecular weight is 289 g/mol. The number of ether oxygens (including phenoxy) is 1. The van der Waals surface area contributed by atoms with Crippen LogP contribution in [-0.4, -0.2) is 62.8 Å². The third kappa shape index (κ3) is 6.03. The van der Waals surface area contributed by atoms with Gasteiger partial charge in [-0.25, -0.2) is 0 Å². The molecule has 0 spiro atoms. The topological polar surface area (TPSA) is 24.5 Å². The Bertz CT molecular complexity index is 232. The monoisotopic (exact) mass is 288 g/mol. The SMILES string of the molecule is CCCNCC1(CN(C)C(C)CSC)CCOCC1. The van der Waals surface area contributed by atoms with Crippen LogP contribution in [0.1, 0.15) is 33.1 Å². The molecule has 0 saturated carbocycles. The Kier molecular flexibility index (Phi) is 8.38. The second-order valence-corrected chi connectivity index (χ2v) is 6.92. The molecule has 0 amide bonds. The van der Waals surface area contributed by atoms with Crippen molar-refractivity contribution >= 4 is 11.8 Å². The second-order valence-electron chi connectivity index (χ2n) is 6.01. The van der Waals surface area contributed by atoms with Crippen molar-refractivity contribution in [2.75, 3.05) is 51.9 Å². The molecular formula is C15H32N2OS. The lowest BCUT2D eigenvalue weighted by molar-refractivity contribution is -0.00425. The smallest absolute Gasteiger partial charge is 0.0472 e. The maximum Gasteiger partial charge on any atom is 0.0472 e. The Balaban J connectivity index is 2.52. The minimum absolute atomic E-state index is 0.412. The Labute approximate surface area is 123 Å². The number of hydrogen-bond acceptors (Lipinski definition) is 4. The normalized spacial score (nSPS) is 20.7. The van der Waals surface area contributed by atoms with E-state index in [1.54, 1.807) is 0 Å². The molecule has 0 aromatic heterocycles. The molecule has 1 fully saturated rings. The molecular weight excluding hydrogens is 256 g/mol. The van der Waals surface area contributed by atoms with Gasteiger partial charge in [0.2, 0.25) is 0 Å². The van der Waals surface area contributed by atoms with Crippen molar-refractivity contribution in [3.05, 3.63) is 0 Å². The van der Waals surface area contributed by atoms with Crippen molar-refractivity contribution < 1.29 is 4.74 Å². The van der Waals surface area contributed by atoms with Crippen molar-refractivity contribution in [3.8, 4) is 0 Å². The van der Waals surface area contributed by atoms with Crippen LogP contribution in [0, 0.1) is 5.41 Å². The van der Waals surface area contributed by atoms with E-state index in [1.807, 2.05) is 11.8 Å². The minimum Gasteiger partial charge on any atom is -0.381 e. The van der Waals surface area contributed by atoms with Crippen LogP contribution in [0.15, 0.2) is 0 Å². The van der Waals surface area contributed by atoms with Gasteiger partial charge >= 0.3 is 0 Å². The van der Waals surface area contributed by atoms with Crippen LogP contribution in [0.4, 0.5) is 0 Å². The summed E-state index contributed by atoms with van der Waals surface area (Å²) < 4.78 is 5.57. The van der Waals surface area contributed by atoms with Gasteiger partial charge in [0.25, 0.3) is 0 Å². The first-order chi connectivity index (χ1) is 9.13. The van der Waals surface area contributed by atoms with E-state index in [1.165, 1.54) is 31.6 Å². The van der Waals surface area contributed by atoms with E-state index >= 15 is 0 Å². The third-order valence-corrected chi connectivity index (χ3v) is 5.04. The van der Waals surface area contributed by atoms with Crippen LogP contribution in [0.5, 0.6) is 0 Å². The number of thioether (sulfide) groups is 1. The highest BCUT2D eigenvalue weighted by Gasteiger charge is 2.34. The summed E-state index contributed by atoms with van der Waals surface area (Å²) in [6.45, 7) is 9.89. The Hall–Kier alpha value is 0.230. The fourth-order valence-corrected chi connectivity index (χ4v) is 3.52. The van der Waals surface area contributed by atoms with Gasteiger partial charge in [-0.05, 0) is 51.4 Å². The van der Waals surface area contributed by atoms with Crippen molar-refractivity contribution in [2.24, 2.45) is 5.41 Å². The molecule has 114 valence electrons. The summed E-state index contributed by atoms with van der Waals surface area (Å²) in [5.41, 5.74) is 0.412. The zero-order valence-corrected chi connectivity index (χ0v) is 14.0. The largest absolute Gasteiger partial charge is 0.381 e. The van der Waals surface area contributed by atoms with Gasteiger partial charge in [-0.2, -0.15) is 11.8 Å². The summed E-state index contributed by atoms with van der Waals surface area (Å²) in [5.74, 6) is 1.21. The molecule has 3 nitrogen and oxygen atoms in total. The van der Waals surface area contributed by atoms with Crippen LogP contribution >= 0.6 is 11.8 Å². The molecule has 1 aliphatic rings. The highest BCUT2D eigenvalue weighted by Crippen LogP contribution is 2.31. The van der Waals surface area contributed by atoms with Gasteiger partial charge in [0.1, 0.15) is 0 Å². The molecule has 1 atom stereocenters. The van der Waals surface area contributed by atoms with Gasteiger partial charge in [-0.3, -0.25) is 0 Å². The highest BCUT2D eigenvalue weighted by atomic mass is 32.2. The lowest BCUT2D eigenvalue weighted by atomic mass is 9.79. The summed E-state index contributed by atoms with van der Waals surface area (Å²) in [7, 11) is 2.28. The quantitative estimate of drug-likeness (QED) is 0.659. The van der Waals surface area contributed by atoms with Gasteiger partial charge in [0.05, 0.1) is 0 Å². The standard InChI is InChI=1S/C15H32N2OS/c1-5-8-16-12-15(6-9-18-10-7-15)13-17(3)14(2)11-19-4/h14,16H,5-13H2,1-4H3. The van der Waals surface area contributed by atoms with Crippen LogP contribution in [0.2, 0.25) is 0 Å². The Morgan fingerprint density at radius 3 is 2.63 bits per heavy atom. The number of hydrogen-bond donors (Lipinski definition) is 1. The summed E-state index contributed by atoms with van der Waals surface area (Å²) in [4.78, 5) is 2.54. The molecule has 0 radical (unpaired) electrons. The van der Waals surface area contributed by atoms with E-state index in [2.05, 4.69) is 37.4 Å². The van der Waals surface area contributed by atoms with E-state index < -0.39 is 0 Å². The lowest BCUT2D eigenvalue weighted by Gasteiger charge is -2.42. The molecule has 1 N–H and O–H groups in total. The molecule has 1 heterocycles. The molecule has 4 heteroatoms. The highest BCUT2D eigenvalue weighted by molar-refractivity contribution is 7.98. The maximum atomic E-state index is 5.57. The summed E-state index contributed by atoms with van der Waals surface area (Å²) in [6.07, 6.45) is 5.79. The first kappa shape index (κ1) is 17.3. The number of nitrogens with zero attached hydrogens (tertiary/aromatic N) is 1. The Morgan fingerprint density at radius 2 is 2.05 bits per heavy atom. The summed E-state index contributed by atoms with van der Waals surface area (Å²) in [6, 6.07) is 0.654. The van der Waals surface area contributed by atoms with E-state index in [0.717, 1.165) is 26.3 Å². The van der Waals surface area contributed by atoms with E-state index in [4.69, 9.17) is 4.74 Å².